The maximum Gasteiger partial charge on any atom is 0.326 e. The Morgan fingerprint density at radius 3 is 2.16 bits per heavy atom. The Morgan fingerprint density at radius 2 is 1.64 bits per heavy atom. The van der Waals surface area contributed by atoms with Gasteiger partial charge in [0.25, 0.3) is 0 Å². The first kappa shape index (κ1) is 22.8. The molecular formula is C14H27N5O6. The van der Waals surface area contributed by atoms with Gasteiger partial charge >= 0.3 is 5.97 Å². The molecule has 3 unspecified atom stereocenters. The van der Waals surface area contributed by atoms with Crippen molar-refractivity contribution >= 4 is 23.7 Å². The number of aliphatic hydroxyl groups is 1. The third-order valence-corrected chi connectivity index (χ3v) is 3.27. The molecule has 3 atom stereocenters. The van der Waals surface area contributed by atoms with Crippen molar-refractivity contribution in [2.45, 2.75) is 44.4 Å². The summed E-state index contributed by atoms with van der Waals surface area (Å²) in [6.07, 6.45) is 0.362. The topological polar surface area (TPSA) is 197 Å². The molecular weight excluding hydrogens is 334 g/mol. The molecule has 9 N–H and O–H groups in total. The first-order valence-corrected chi connectivity index (χ1v) is 7.89. The van der Waals surface area contributed by atoms with Crippen LogP contribution in [0.15, 0.2) is 0 Å². The Hall–Kier alpha value is -2.24. The third-order valence-electron chi connectivity index (χ3n) is 3.27. The second kappa shape index (κ2) is 12.2. The number of hydrogen-bond donors (Lipinski definition) is 7. The largest absolute Gasteiger partial charge is 0.480 e. The summed E-state index contributed by atoms with van der Waals surface area (Å²) in [6, 6.07) is -2.22. The Balaban J connectivity index is 4.15. The molecule has 11 heteroatoms. The highest BCUT2D eigenvalue weighted by Crippen LogP contribution is 2.00. The first-order chi connectivity index (χ1) is 11.7. The molecule has 0 saturated carbocycles. The predicted octanol–water partition coefficient (Wildman–Crippen LogP) is -3.37. The van der Waals surface area contributed by atoms with Crippen molar-refractivity contribution in [1.29, 1.82) is 0 Å². The van der Waals surface area contributed by atoms with Crippen LogP contribution in [0.4, 0.5) is 0 Å². The van der Waals surface area contributed by atoms with E-state index in [4.69, 9.17) is 21.7 Å². The average Bonchev–Trinajstić information content (AvgIpc) is 2.55. The van der Waals surface area contributed by atoms with Gasteiger partial charge in [0.1, 0.15) is 12.1 Å². The Labute approximate surface area is 145 Å². The van der Waals surface area contributed by atoms with Gasteiger partial charge in [0, 0.05) is 0 Å². The zero-order valence-corrected chi connectivity index (χ0v) is 14.2. The van der Waals surface area contributed by atoms with E-state index in [1.54, 1.807) is 0 Å². The number of carboxylic acids is 1. The number of hydrogen-bond acceptors (Lipinski definition) is 7. The monoisotopic (exact) mass is 361 g/mol. The normalized spacial score (nSPS) is 14.1. The quantitative estimate of drug-likeness (QED) is 0.175. The number of unbranched alkanes of at least 4 members (excludes halogenated alkanes) is 1. The van der Waals surface area contributed by atoms with E-state index >= 15 is 0 Å². The molecule has 0 spiro atoms. The molecule has 0 rings (SSSR count). The number of amides is 3. The maximum absolute atomic E-state index is 11.7. The SMILES string of the molecule is CC(O)C(N)C(=O)NCC(=O)NCC(=O)NC(CCCCN)C(=O)O. The Morgan fingerprint density at radius 1 is 1.04 bits per heavy atom. The van der Waals surface area contributed by atoms with Crippen molar-refractivity contribution < 1.29 is 29.4 Å². The molecule has 25 heavy (non-hydrogen) atoms. The summed E-state index contributed by atoms with van der Waals surface area (Å²) in [5.41, 5.74) is 10.7. The van der Waals surface area contributed by atoms with Crippen molar-refractivity contribution in [3.8, 4) is 0 Å². The molecule has 0 bridgehead atoms. The molecule has 0 aromatic rings. The number of nitrogens with one attached hydrogen (secondary N) is 3. The number of carbonyl (C=O) groups is 4. The second-order valence-corrected chi connectivity index (χ2v) is 5.50. The minimum atomic E-state index is -1.17. The molecule has 0 radical (unpaired) electrons. The second-order valence-electron chi connectivity index (χ2n) is 5.50. The molecule has 0 aromatic carbocycles. The highest BCUT2D eigenvalue weighted by atomic mass is 16.4. The van der Waals surface area contributed by atoms with Crippen molar-refractivity contribution in [2.24, 2.45) is 11.5 Å². The number of carboxylic acid groups (broad SMARTS) is 1. The molecule has 0 heterocycles. The van der Waals surface area contributed by atoms with Crippen molar-refractivity contribution in [2.75, 3.05) is 19.6 Å². The van der Waals surface area contributed by atoms with E-state index in [-0.39, 0.29) is 6.42 Å². The van der Waals surface area contributed by atoms with Gasteiger partial charge in [-0.05, 0) is 32.7 Å². The molecule has 0 fully saturated rings. The van der Waals surface area contributed by atoms with Gasteiger partial charge in [-0.1, -0.05) is 0 Å². The Kier molecular flexibility index (Phi) is 11.1. The van der Waals surface area contributed by atoms with Gasteiger partial charge < -0.3 is 37.6 Å². The minimum Gasteiger partial charge on any atom is -0.480 e. The smallest absolute Gasteiger partial charge is 0.326 e. The highest BCUT2D eigenvalue weighted by molar-refractivity contribution is 5.90. The predicted molar refractivity (Wildman–Crippen MR) is 88.1 cm³/mol. The molecule has 11 nitrogen and oxygen atoms in total. The van der Waals surface area contributed by atoms with Crippen LogP contribution in [0.25, 0.3) is 0 Å². The van der Waals surface area contributed by atoms with Gasteiger partial charge in [-0.3, -0.25) is 14.4 Å². The van der Waals surface area contributed by atoms with Crippen molar-refractivity contribution in [3.63, 3.8) is 0 Å². The molecule has 0 aliphatic carbocycles. The zero-order valence-electron chi connectivity index (χ0n) is 14.2. The lowest BCUT2D eigenvalue weighted by Gasteiger charge is -2.15. The van der Waals surface area contributed by atoms with Gasteiger partial charge in [-0.25, -0.2) is 4.79 Å². The lowest BCUT2D eigenvalue weighted by Crippen LogP contribution is -2.50. The van der Waals surface area contributed by atoms with E-state index in [9.17, 15) is 19.2 Å². The summed E-state index contributed by atoms with van der Waals surface area (Å²) in [7, 11) is 0. The third kappa shape index (κ3) is 10.3. The van der Waals surface area contributed by atoms with E-state index in [1.165, 1.54) is 6.92 Å². The molecule has 0 saturated heterocycles. The van der Waals surface area contributed by atoms with Crippen LogP contribution in [0.5, 0.6) is 0 Å². The lowest BCUT2D eigenvalue weighted by molar-refractivity contribution is -0.142. The van der Waals surface area contributed by atoms with E-state index in [0.29, 0.717) is 19.4 Å². The van der Waals surface area contributed by atoms with E-state index in [2.05, 4.69) is 16.0 Å². The van der Waals surface area contributed by atoms with E-state index < -0.39 is 55.0 Å². The van der Waals surface area contributed by atoms with Crippen LogP contribution in [0.3, 0.4) is 0 Å². The van der Waals surface area contributed by atoms with Crippen LogP contribution in [0.2, 0.25) is 0 Å². The fourth-order valence-corrected chi connectivity index (χ4v) is 1.74. The summed E-state index contributed by atoms with van der Waals surface area (Å²) in [5.74, 6) is -3.20. The molecule has 0 aliphatic rings. The zero-order chi connectivity index (χ0) is 19.4. The Bertz CT molecular complexity index is 471. The number of aliphatic carboxylic acids is 1. The standard InChI is InChI=1S/C14H27N5O6/c1-8(20)12(16)13(23)18-6-10(21)17-7-11(22)19-9(14(24)25)4-2-3-5-15/h8-9,12,20H,2-7,15-16H2,1H3,(H,17,21)(H,18,23)(H,19,22)(H,24,25). The lowest BCUT2D eigenvalue weighted by atomic mass is 10.1. The summed E-state index contributed by atoms with van der Waals surface area (Å²) in [5, 5.41) is 24.9. The van der Waals surface area contributed by atoms with Crippen LogP contribution in [-0.4, -0.2) is 71.7 Å². The van der Waals surface area contributed by atoms with Gasteiger partial charge in [0.2, 0.25) is 17.7 Å². The van der Waals surface area contributed by atoms with Crippen LogP contribution in [-0.2, 0) is 19.2 Å². The summed E-state index contributed by atoms with van der Waals surface area (Å²) in [4.78, 5) is 45.7. The summed E-state index contributed by atoms with van der Waals surface area (Å²) < 4.78 is 0. The first-order valence-electron chi connectivity index (χ1n) is 7.89. The molecule has 3 amide bonds. The fraction of sp³-hybridized carbons (Fsp3) is 0.714. The van der Waals surface area contributed by atoms with Crippen LogP contribution in [0, 0.1) is 0 Å². The van der Waals surface area contributed by atoms with Gasteiger partial charge in [0.15, 0.2) is 0 Å². The van der Waals surface area contributed by atoms with Crippen LogP contribution < -0.4 is 27.4 Å². The number of aliphatic hydroxyl groups excluding tert-OH is 1. The van der Waals surface area contributed by atoms with Gasteiger partial charge in [-0.15, -0.1) is 0 Å². The fourth-order valence-electron chi connectivity index (χ4n) is 1.74. The number of nitrogens with two attached hydrogens (primary N) is 2. The number of carbonyl (C=O) groups excluding carboxylic acids is 3. The average molecular weight is 361 g/mol. The summed E-state index contributed by atoms with van der Waals surface area (Å²) >= 11 is 0. The van der Waals surface area contributed by atoms with E-state index in [1.807, 2.05) is 0 Å². The molecule has 0 aliphatic heterocycles. The highest BCUT2D eigenvalue weighted by Gasteiger charge is 2.21. The van der Waals surface area contributed by atoms with Gasteiger partial charge in [0.05, 0.1) is 19.2 Å². The van der Waals surface area contributed by atoms with Crippen molar-refractivity contribution in [3.05, 3.63) is 0 Å². The van der Waals surface area contributed by atoms with E-state index in [0.717, 1.165) is 0 Å². The summed E-state index contributed by atoms with van der Waals surface area (Å²) in [6.45, 7) is 0.908. The van der Waals surface area contributed by atoms with Crippen molar-refractivity contribution in [1.82, 2.24) is 16.0 Å². The minimum absolute atomic E-state index is 0.236. The van der Waals surface area contributed by atoms with Gasteiger partial charge in [-0.2, -0.15) is 0 Å². The molecule has 0 aromatic heterocycles. The maximum atomic E-state index is 11.7. The molecule has 144 valence electrons. The van der Waals surface area contributed by atoms with Crippen LogP contribution >= 0.6 is 0 Å². The number of rotatable bonds is 12. The van der Waals surface area contributed by atoms with Crippen LogP contribution in [0.1, 0.15) is 26.2 Å².